The van der Waals surface area contributed by atoms with Crippen molar-refractivity contribution in [3.63, 3.8) is 0 Å². The molecule has 0 aliphatic heterocycles. The topological polar surface area (TPSA) is 87.1 Å². The Morgan fingerprint density at radius 2 is 2.08 bits per heavy atom. The molecule has 1 aliphatic carbocycles. The van der Waals surface area contributed by atoms with Gasteiger partial charge in [0.25, 0.3) is 11.1 Å². The van der Waals surface area contributed by atoms with E-state index in [1.54, 1.807) is 27.5 Å². The highest BCUT2D eigenvalue weighted by molar-refractivity contribution is 7.17. The normalized spacial score (nSPS) is 14.2. The van der Waals surface area contributed by atoms with E-state index in [9.17, 15) is 9.59 Å². The van der Waals surface area contributed by atoms with Gasteiger partial charge in [-0.2, -0.15) is 5.10 Å². The van der Waals surface area contributed by atoms with Crippen molar-refractivity contribution in [2.75, 3.05) is 0 Å². The fourth-order valence-electron chi connectivity index (χ4n) is 3.58. The second-order valence-corrected chi connectivity index (χ2v) is 7.63. The van der Waals surface area contributed by atoms with Gasteiger partial charge in [-0.3, -0.25) is 23.2 Å². The van der Waals surface area contributed by atoms with Gasteiger partial charge in [0.1, 0.15) is 11.7 Å². The Kier molecular flexibility index (Phi) is 3.33. The summed E-state index contributed by atoms with van der Waals surface area (Å²) in [6.07, 6.45) is 7.21. The minimum absolute atomic E-state index is 0.0761. The predicted molar refractivity (Wildman–Crippen MR) is 97.9 cm³/mol. The Morgan fingerprint density at radius 1 is 1.23 bits per heavy atom. The maximum atomic E-state index is 12.6. The number of hydrogen-bond donors (Lipinski definition) is 0. The molecule has 0 radical (unpaired) electrons. The summed E-state index contributed by atoms with van der Waals surface area (Å²) in [4.78, 5) is 36.1. The first-order valence-electron chi connectivity index (χ1n) is 8.52. The van der Waals surface area contributed by atoms with E-state index in [0.29, 0.717) is 21.7 Å². The molecule has 4 heterocycles. The molecule has 0 amide bonds. The van der Waals surface area contributed by atoms with Crippen LogP contribution in [-0.2, 0) is 26.4 Å². The summed E-state index contributed by atoms with van der Waals surface area (Å²) >= 11 is 1.58. The van der Waals surface area contributed by atoms with E-state index in [1.807, 2.05) is 0 Å². The molecule has 0 saturated heterocycles. The molecule has 4 aromatic heterocycles. The maximum absolute atomic E-state index is 12.6. The zero-order chi connectivity index (χ0) is 17.8. The fourth-order valence-corrected chi connectivity index (χ4v) is 4.81. The fraction of sp³-hybridized carbons (Fsp3) is 0.353. The summed E-state index contributed by atoms with van der Waals surface area (Å²) in [6, 6.07) is 1.52. The number of hydrogen-bond acceptors (Lipinski definition) is 6. The van der Waals surface area contributed by atoms with Crippen molar-refractivity contribution in [1.82, 2.24) is 28.7 Å². The van der Waals surface area contributed by atoms with Crippen LogP contribution in [0, 0.1) is 0 Å². The average molecular weight is 368 g/mol. The Labute approximate surface area is 151 Å². The molecule has 0 fully saturated rings. The smallest absolute Gasteiger partial charge is 0.264 e. The molecule has 5 rings (SSSR count). The van der Waals surface area contributed by atoms with Crippen molar-refractivity contribution >= 4 is 27.3 Å². The van der Waals surface area contributed by atoms with Gasteiger partial charge in [-0.25, -0.2) is 9.97 Å². The van der Waals surface area contributed by atoms with Gasteiger partial charge in [0.15, 0.2) is 10.6 Å². The van der Waals surface area contributed by atoms with Crippen LogP contribution in [0.1, 0.15) is 29.1 Å². The van der Waals surface area contributed by atoms with Crippen LogP contribution in [0.5, 0.6) is 0 Å². The Morgan fingerprint density at radius 3 is 2.96 bits per heavy atom. The molecule has 4 aromatic rings. The highest BCUT2D eigenvalue weighted by Crippen LogP contribution is 2.28. The third kappa shape index (κ3) is 2.23. The zero-order valence-electron chi connectivity index (χ0n) is 14.2. The number of thiazole rings is 1. The number of nitrogens with zero attached hydrogens (tertiary/aromatic N) is 6. The van der Waals surface area contributed by atoms with Crippen molar-refractivity contribution < 1.29 is 0 Å². The summed E-state index contributed by atoms with van der Waals surface area (Å²) < 4.78 is 4.76. The molecule has 0 bridgehead atoms. The molecule has 0 unspecified atom stereocenters. The lowest BCUT2D eigenvalue weighted by Gasteiger charge is -2.10. The lowest BCUT2D eigenvalue weighted by atomic mass is 10.0. The van der Waals surface area contributed by atoms with Gasteiger partial charge >= 0.3 is 0 Å². The quantitative estimate of drug-likeness (QED) is 0.529. The van der Waals surface area contributed by atoms with Crippen molar-refractivity contribution in [1.29, 1.82) is 0 Å². The second-order valence-electron chi connectivity index (χ2n) is 6.57. The molecule has 0 spiro atoms. The van der Waals surface area contributed by atoms with Crippen LogP contribution in [0.25, 0.3) is 16.0 Å². The molecule has 0 N–H and O–H groups in total. The Balaban J connectivity index is 1.61. The van der Waals surface area contributed by atoms with Gasteiger partial charge in [-0.15, -0.1) is 11.3 Å². The summed E-state index contributed by atoms with van der Waals surface area (Å²) in [5.41, 5.74) is 1.96. The molecule has 0 saturated carbocycles. The van der Waals surface area contributed by atoms with Crippen LogP contribution in [0.4, 0.5) is 0 Å². The van der Waals surface area contributed by atoms with E-state index in [1.165, 1.54) is 28.0 Å². The third-order valence-corrected chi connectivity index (χ3v) is 6.01. The summed E-state index contributed by atoms with van der Waals surface area (Å²) in [7, 11) is 1.74. The molecule has 9 heteroatoms. The van der Waals surface area contributed by atoms with Gasteiger partial charge in [0.2, 0.25) is 0 Å². The number of aryl methyl sites for hydroxylation is 3. The maximum Gasteiger partial charge on any atom is 0.264 e. The van der Waals surface area contributed by atoms with Crippen molar-refractivity contribution in [3.05, 3.63) is 55.6 Å². The lowest BCUT2D eigenvalue weighted by molar-refractivity contribution is 0.668. The number of rotatable bonds is 2. The summed E-state index contributed by atoms with van der Waals surface area (Å²) in [6.45, 7) is 0.213. The van der Waals surface area contributed by atoms with E-state index in [4.69, 9.17) is 0 Å². The SMILES string of the molecule is Cn1ncc2c(=O)n(Cc3cc(=O)n4c5c(sc4n3)CCCC5)cnc21. The highest BCUT2D eigenvalue weighted by Gasteiger charge is 2.18. The Hall–Kier alpha value is -2.81. The van der Waals surface area contributed by atoms with E-state index in [-0.39, 0.29) is 17.7 Å². The van der Waals surface area contributed by atoms with Gasteiger partial charge in [-0.1, -0.05) is 0 Å². The van der Waals surface area contributed by atoms with Crippen molar-refractivity contribution in [3.8, 4) is 0 Å². The molecule has 1 aliphatic rings. The monoisotopic (exact) mass is 368 g/mol. The molecule has 0 atom stereocenters. The van der Waals surface area contributed by atoms with Crippen molar-refractivity contribution in [2.45, 2.75) is 32.2 Å². The van der Waals surface area contributed by atoms with E-state index in [2.05, 4.69) is 15.1 Å². The minimum Gasteiger partial charge on any atom is -0.292 e. The Bertz CT molecular complexity index is 1280. The molecule has 26 heavy (non-hydrogen) atoms. The molecule has 132 valence electrons. The van der Waals surface area contributed by atoms with Gasteiger partial charge in [0, 0.05) is 23.7 Å². The molecule has 8 nitrogen and oxygen atoms in total. The zero-order valence-corrected chi connectivity index (χ0v) is 15.0. The first-order valence-corrected chi connectivity index (χ1v) is 9.34. The molecular formula is C17H16N6O2S. The predicted octanol–water partition coefficient (Wildman–Crippen LogP) is 1.13. The first-order chi connectivity index (χ1) is 12.6. The van der Waals surface area contributed by atoms with Crippen LogP contribution in [-0.4, -0.2) is 28.7 Å². The number of aromatic nitrogens is 6. The van der Waals surface area contributed by atoms with E-state index < -0.39 is 0 Å². The standard InChI is InChI=1S/C17H16N6O2S/c1-21-15-11(7-19-21)16(25)22(9-18-15)8-10-6-14(24)23-12-4-2-3-5-13(12)26-17(23)20-10/h6-7,9H,2-5,8H2,1H3. The van der Waals surface area contributed by atoms with Crippen LogP contribution in [0.2, 0.25) is 0 Å². The van der Waals surface area contributed by atoms with Gasteiger partial charge in [-0.05, 0) is 25.7 Å². The van der Waals surface area contributed by atoms with Crippen LogP contribution < -0.4 is 11.1 Å². The lowest BCUT2D eigenvalue weighted by Crippen LogP contribution is -2.24. The second kappa shape index (κ2) is 5.60. The number of fused-ring (bicyclic) bond motifs is 4. The summed E-state index contributed by atoms with van der Waals surface area (Å²) in [5.74, 6) is 0. The van der Waals surface area contributed by atoms with Crippen molar-refractivity contribution in [2.24, 2.45) is 7.05 Å². The van der Waals surface area contributed by atoms with E-state index >= 15 is 0 Å². The van der Waals surface area contributed by atoms with Gasteiger partial charge < -0.3 is 0 Å². The van der Waals surface area contributed by atoms with Gasteiger partial charge in [0.05, 0.1) is 18.4 Å². The van der Waals surface area contributed by atoms with Crippen LogP contribution in [0.15, 0.2) is 28.2 Å². The average Bonchev–Trinajstić information content (AvgIpc) is 3.18. The van der Waals surface area contributed by atoms with Crippen LogP contribution in [0.3, 0.4) is 0 Å². The van der Waals surface area contributed by atoms with E-state index in [0.717, 1.165) is 31.4 Å². The molecule has 0 aromatic carbocycles. The van der Waals surface area contributed by atoms with Crippen LogP contribution >= 0.6 is 11.3 Å². The highest BCUT2D eigenvalue weighted by atomic mass is 32.1. The molecular weight excluding hydrogens is 352 g/mol. The largest absolute Gasteiger partial charge is 0.292 e. The summed E-state index contributed by atoms with van der Waals surface area (Å²) in [5, 5.41) is 4.53. The third-order valence-electron chi connectivity index (χ3n) is 4.87. The first kappa shape index (κ1) is 15.4. The minimum atomic E-state index is -0.185.